The molecule has 1 heterocycles. The fraction of sp³-hybridized carbons (Fsp3) is 0.211. The van der Waals surface area contributed by atoms with Crippen molar-refractivity contribution in [3.05, 3.63) is 58.5 Å². The van der Waals surface area contributed by atoms with Gasteiger partial charge in [-0.15, -0.1) is 0 Å². The number of rotatable bonds is 4. The molecule has 0 saturated carbocycles. The first-order valence-corrected chi connectivity index (χ1v) is 8.77. The number of aromatic nitrogens is 2. The van der Waals surface area contributed by atoms with Gasteiger partial charge in [0.25, 0.3) is 5.91 Å². The highest BCUT2D eigenvalue weighted by Gasteiger charge is 2.35. The van der Waals surface area contributed by atoms with Crippen molar-refractivity contribution < 1.29 is 27.5 Å². The van der Waals surface area contributed by atoms with E-state index in [1.54, 1.807) is 0 Å². The Morgan fingerprint density at radius 3 is 2.63 bits per heavy atom. The van der Waals surface area contributed by atoms with Gasteiger partial charge < -0.3 is 10.4 Å². The number of fused-ring (bicyclic) bond motifs is 1. The van der Waals surface area contributed by atoms with E-state index in [9.17, 15) is 27.5 Å². The SMILES string of the molecule is C[C@](O)(Cn1nc(Cl)c2cc(F)ccc21)C(=O)Nc1ccc(C#N)c(C(F)(F)F)c1. The van der Waals surface area contributed by atoms with Gasteiger partial charge in [-0.05, 0) is 43.3 Å². The number of alkyl halides is 3. The molecule has 0 fully saturated rings. The van der Waals surface area contributed by atoms with Crippen molar-refractivity contribution in [2.24, 2.45) is 0 Å². The summed E-state index contributed by atoms with van der Waals surface area (Å²) in [5.74, 6) is -1.56. The van der Waals surface area contributed by atoms with Gasteiger partial charge in [0, 0.05) is 11.1 Å². The Morgan fingerprint density at radius 1 is 1.30 bits per heavy atom. The maximum absolute atomic E-state index is 13.4. The van der Waals surface area contributed by atoms with Gasteiger partial charge in [0.1, 0.15) is 5.82 Å². The molecule has 30 heavy (non-hydrogen) atoms. The highest BCUT2D eigenvalue weighted by molar-refractivity contribution is 6.34. The van der Waals surface area contributed by atoms with Crippen LogP contribution in [0.15, 0.2) is 36.4 Å². The summed E-state index contributed by atoms with van der Waals surface area (Å²) < 4.78 is 53.9. The molecule has 2 N–H and O–H groups in total. The average molecular weight is 441 g/mol. The monoisotopic (exact) mass is 440 g/mol. The third kappa shape index (κ3) is 4.22. The van der Waals surface area contributed by atoms with Gasteiger partial charge in [0.2, 0.25) is 0 Å². The first kappa shape index (κ1) is 21.5. The van der Waals surface area contributed by atoms with E-state index in [2.05, 4.69) is 10.4 Å². The minimum Gasteiger partial charge on any atom is -0.378 e. The number of aliphatic hydroxyl groups is 1. The predicted octanol–water partition coefficient (Wildman–Crippen LogP) is 4.11. The number of carbonyl (C=O) groups is 1. The van der Waals surface area contributed by atoms with Crippen LogP contribution in [0, 0.1) is 17.1 Å². The summed E-state index contributed by atoms with van der Waals surface area (Å²) in [6, 6.07) is 7.74. The number of nitrogens with one attached hydrogen (secondary N) is 1. The fourth-order valence-electron chi connectivity index (χ4n) is 2.82. The topological polar surface area (TPSA) is 90.9 Å². The molecule has 3 rings (SSSR count). The Hall–Kier alpha value is -3.16. The number of hydrogen-bond acceptors (Lipinski definition) is 4. The summed E-state index contributed by atoms with van der Waals surface area (Å²) in [6.07, 6.45) is -4.80. The highest BCUT2D eigenvalue weighted by Crippen LogP contribution is 2.34. The molecule has 0 aliphatic carbocycles. The lowest BCUT2D eigenvalue weighted by Gasteiger charge is -2.23. The summed E-state index contributed by atoms with van der Waals surface area (Å²) in [5, 5.41) is 25.8. The van der Waals surface area contributed by atoms with Crippen molar-refractivity contribution in [3.63, 3.8) is 0 Å². The lowest BCUT2D eigenvalue weighted by atomic mass is 10.0. The molecule has 0 unspecified atom stereocenters. The summed E-state index contributed by atoms with van der Waals surface area (Å²) in [6.45, 7) is 0.734. The number of benzene rings is 2. The second-order valence-electron chi connectivity index (χ2n) is 6.71. The Morgan fingerprint density at radius 2 is 2.00 bits per heavy atom. The second-order valence-corrected chi connectivity index (χ2v) is 7.07. The molecule has 0 radical (unpaired) electrons. The Kier molecular flexibility index (Phi) is 5.45. The van der Waals surface area contributed by atoms with Crippen molar-refractivity contribution in [3.8, 4) is 6.07 Å². The van der Waals surface area contributed by atoms with Gasteiger partial charge in [-0.2, -0.15) is 23.5 Å². The first-order valence-electron chi connectivity index (χ1n) is 8.39. The van der Waals surface area contributed by atoms with Crippen molar-refractivity contribution in [2.45, 2.75) is 25.2 Å². The largest absolute Gasteiger partial charge is 0.417 e. The smallest absolute Gasteiger partial charge is 0.378 e. The maximum atomic E-state index is 13.4. The van der Waals surface area contributed by atoms with Crippen LogP contribution in [0.4, 0.5) is 23.2 Å². The van der Waals surface area contributed by atoms with E-state index in [1.807, 2.05) is 0 Å². The van der Waals surface area contributed by atoms with E-state index in [4.69, 9.17) is 16.9 Å². The van der Waals surface area contributed by atoms with Gasteiger partial charge in [-0.3, -0.25) is 9.48 Å². The van der Waals surface area contributed by atoms with Gasteiger partial charge >= 0.3 is 6.18 Å². The van der Waals surface area contributed by atoms with E-state index in [0.717, 1.165) is 31.2 Å². The Balaban J connectivity index is 1.86. The minimum atomic E-state index is -4.80. The van der Waals surface area contributed by atoms with Gasteiger partial charge in [0.15, 0.2) is 10.8 Å². The summed E-state index contributed by atoms with van der Waals surface area (Å²) >= 11 is 5.96. The molecule has 156 valence electrons. The Labute approximate surface area is 172 Å². The zero-order valence-corrected chi connectivity index (χ0v) is 16.0. The van der Waals surface area contributed by atoms with Crippen LogP contribution in [0.25, 0.3) is 10.9 Å². The quantitative estimate of drug-likeness (QED) is 0.597. The summed E-state index contributed by atoms with van der Waals surface area (Å²) in [4.78, 5) is 12.5. The molecule has 11 heteroatoms. The van der Waals surface area contributed by atoms with Crippen molar-refractivity contribution >= 4 is 34.1 Å². The first-order chi connectivity index (χ1) is 13.9. The second kappa shape index (κ2) is 7.59. The molecule has 0 aliphatic heterocycles. The number of anilines is 1. The summed E-state index contributed by atoms with van der Waals surface area (Å²) in [5.41, 5.74) is -3.82. The number of halogens is 5. The van der Waals surface area contributed by atoms with Gasteiger partial charge in [0.05, 0.1) is 29.3 Å². The highest BCUT2D eigenvalue weighted by atomic mass is 35.5. The van der Waals surface area contributed by atoms with Crippen LogP contribution in [-0.2, 0) is 17.5 Å². The van der Waals surface area contributed by atoms with E-state index >= 15 is 0 Å². The molecular weight excluding hydrogens is 428 g/mol. The fourth-order valence-corrected chi connectivity index (χ4v) is 3.06. The number of carbonyl (C=O) groups excluding carboxylic acids is 1. The maximum Gasteiger partial charge on any atom is 0.417 e. The zero-order chi connectivity index (χ0) is 22.3. The Bertz CT molecular complexity index is 1180. The van der Waals surface area contributed by atoms with Gasteiger partial charge in [-0.1, -0.05) is 11.6 Å². The molecule has 1 aromatic heterocycles. The van der Waals surface area contributed by atoms with Crippen molar-refractivity contribution in [1.29, 1.82) is 5.26 Å². The third-order valence-electron chi connectivity index (χ3n) is 4.32. The lowest BCUT2D eigenvalue weighted by molar-refractivity contribution is -0.138. The van der Waals surface area contributed by atoms with E-state index in [0.29, 0.717) is 11.6 Å². The lowest BCUT2D eigenvalue weighted by Crippen LogP contribution is -2.44. The van der Waals surface area contributed by atoms with E-state index < -0.39 is 41.2 Å². The van der Waals surface area contributed by atoms with Crippen LogP contribution in [0.5, 0.6) is 0 Å². The van der Waals surface area contributed by atoms with Gasteiger partial charge in [-0.25, -0.2) is 4.39 Å². The van der Waals surface area contributed by atoms with Crippen LogP contribution in [0.2, 0.25) is 5.15 Å². The van der Waals surface area contributed by atoms with E-state index in [1.165, 1.54) is 16.8 Å². The van der Waals surface area contributed by atoms with Crippen LogP contribution in [-0.4, -0.2) is 26.4 Å². The van der Waals surface area contributed by atoms with Crippen molar-refractivity contribution in [2.75, 3.05) is 5.32 Å². The van der Waals surface area contributed by atoms with Crippen LogP contribution >= 0.6 is 11.6 Å². The standard InChI is InChI=1S/C19H13ClF4N4O2/c1-18(30,9-28-15-5-3-11(21)6-13(15)16(20)27-28)17(29)26-12-4-2-10(8-25)14(7-12)19(22,23)24/h2-7,30H,9H2,1H3,(H,26,29)/t18-/m0/s1. The summed E-state index contributed by atoms with van der Waals surface area (Å²) in [7, 11) is 0. The number of nitrogens with zero attached hydrogens (tertiary/aromatic N) is 3. The molecule has 1 amide bonds. The average Bonchev–Trinajstić information content (AvgIpc) is 2.95. The molecule has 0 bridgehead atoms. The van der Waals surface area contributed by atoms with Crippen LogP contribution in [0.1, 0.15) is 18.1 Å². The van der Waals surface area contributed by atoms with Crippen LogP contribution < -0.4 is 5.32 Å². The predicted molar refractivity (Wildman–Crippen MR) is 100 cm³/mol. The zero-order valence-electron chi connectivity index (χ0n) is 15.3. The molecule has 6 nitrogen and oxygen atoms in total. The molecule has 1 atom stereocenters. The van der Waals surface area contributed by atoms with Crippen molar-refractivity contribution in [1.82, 2.24) is 9.78 Å². The van der Waals surface area contributed by atoms with E-state index in [-0.39, 0.29) is 16.2 Å². The number of nitriles is 1. The van der Waals surface area contributed by atoms with Crippen LogP contribution in [0.3, 0.4) is 0 Å². The molecule has 0 aliphatic rings. The molecule has 0 saturated heterocycles. The normalized spacial score (nSPS) is 13.7. The number of amides is 1. The molecule has 3 aromatic rings. The number of hydrogen-bond donors (Lipinski definition) is 2. The third-order valence-corrected chi connectivity index (χ3v) is 4.60. The molecule has 2 aromatic carbocycles. The minimum absolute atomic E-state index is 0.0392. The molecule has 0 spiro atoms. The molecular formula is C19H13ClF4N4O2.